The van der Waals surface area contributed by atoms with Crippen LogP contribution in [-0.4, -0.2) is 51.9 Å². The molecule has 1 aliphatic heterocycles. The number of aromatic amines is 1. The van der Waals surface area contributed by atoms with Gasteiger partial charge in [0, 0.05) is 37.3 Å². The second-order valence-electron chi connectivity index (χ2n) is 9.49. The average molecular weight is 440 g/mol. The molecule has 0 radical (unpaired) electrons. The van der Waals surface area contributed by atoms with Gasteiger partial charge in [0.2, 0.25) is 5.95 Å². The van der Waals surface area contributed by atoms with Crippen LogP contribution in [-0.2, 0) is 12.8 Å². The Morgan fingerprint density at radius 1 is 0.970 bits per heavy atom. The number of benzene rings is 2. The lowest BCUT2D eigenvalue weighted by Gasteiger charge is -2.27. The molecule has 33 heavy (non-hydrogen) atoms. The Hall–Kier alpha value is -3.41. The second kappa shape index (κ2) is 8.18. The fourth-order valence-corrected chi connectivity index (χ4v) is 5.39. The fourth-order valence-electron chi connectivity index (χ4n) is 5.39. The van der Waals surface area contributed by atoms with Gasteiger partial charge in [0.05, 0.1) is 22.1 Å². The van der Waals surface area contributed by atoms with Crippen LogP contribution in [0.5, 0.6) is 0 Å². The van der Waals surface area contributed by atoms with E-state index in [0.29, 0.717) is 12.5 Å². The summed E-state index contributed by atoms with van der Waals surface area (Å²) in [5.74, 6) is 1.64. The van der Waals surface area contributed by atoms with Crippen LogP contribution >= 0.6 is 0 Å². The molecule has 1 amide bonds. The van der Waals surface area contributed by atoms with E-state index >= 15 is 0 Å². The van der Waals surface area contributed by atoms with E-state index < -0.39 is 0 Å². The van der Waals surface area contributed by atoms with Gasteiger partial charge in [-0.1, -0.05) is 37.3 Å². The van der Waals surface area contributed by atoms with Crippen LogP contribution < -0.4 is 4.90 Å². The standard InChI is InChI=1S/C27H29N5O/c1-18-11-12-22-20(17-18)25(19-7-2-3-8-21(19)28-22)26(33)31-13-6-14-32(16-15-31)27-29-23-9-4-5-10-24(23)30-27/h2-5,7-10,18H,6,11-17H2,1H3,(H,29,30). The number of H-pyrrole nitrogens is 1. The Morgan fingerprint density at radius 2 is 1.79 bits per heavy atom. The number of fused-ring (bicyclic) bond motifs is 3. The maximum Gasteiger partial charge on any atom is 0.254 e. The lowest BCUT2D eigenvalue weighted by molar-refractivity contribution is 0.0767. The molecule has 1 atom stereocenters. The molecule has 2 aliphatic rings. The van der Waals surface area contributed by atoms with E-state index in [1.54, 1.807) is 0 Å². The Bertz CT molecular complexity index is 1310. The minimum absolute atomic E-state index is 0.158. The molecule has 2 aromatic carbocycles. The number of pyridine rings is 1. The van der Waals surface area contributed by atoms with Crippen LogP contribution in [0.3, 0.4) is 0 Å². The van der Waals surface area contributed by atoms with Crippen LogP contribution in [0.15, 0.2) is 48.5 Å². The van der Waals surface area contributed by atoms with Crippen molar-refractivity contribution in [2.45, 2.75) is 32.6 Å². The minimum Gasteiger partial charge on any atom is -0.341 e. The maximum atomic E-state index is 14.0. The van der Waals surface area contributed by atoms with Crippen LogP contribution in [0.4, 0.5) is 5.95 Å². The Balaban J connectivity index is 1.31. The van der Waals surface area contributed by atoms with E-state index in [9.17, 15) is 4.79 Å². The average Bonchev–Trinajstić information content (AvgIpc) is 3.11. The highest BCUT2D eigenvalue weighted by molar-refractivity contribution is 6.07. The molecule has 168 valence electrons. The van der Waals surface area contributed by atoms with E-state index in [4.69, 9.17) is 9.97 Å². The summed E-state index contributed by atoms with van der Waals surface area (Å²) in [6.07, 6.45) is 3.96. The number of anilines is 1. The highest BCUT2D eigenvalue weighted by Crippen LogP contribution is 2.32. The number of amides is 1. The molecule has 0 saturated carbocycles. The largest absolute Gasteiger partial charge is 0.341 e. The Morgan fingerprint density at radius 3 is 2.67 bits per heavy atom. The van der Waals surface area contributed by atoms with E-state index in [-0.39, 0.29) is 5.91 Å². The number of nitrogens with zero attached hydrogens (tertiary/aromatic N) is 4. The molecule has 1 fully saturated rings. The summed E-state index contributed by atoms with van der Waals surface area (Å²) in [4.78, 5) is 31.5. The number of carbonyl (C=O) groups excluding carboxylic acids is 1. The summed E-state index contributed by atoms with van der Waals surface area (Å²) >= 11 is 0. The second-order valence-corrected chi connectivity index (χ2v) is 9.49. The molecule has 1 unspecified atom stereocenters. The van der Waals surface area contributed by atoms with Gasteiger partial charge in [-0.3, -0.25) is 9.78 Å². The van der Waals surface area contributed by atoms with Crippen LogP contribution in [0.2, 0.25) is 0 Å². The lowest BCUT2D eigenvalue weighted by Crippen LogP contribution is -2.36. The highest BCUT2D eigenvalue weighted by atomic mass is 16.2. The quantitative estimate of drug-likeness (QED) is 0.496. The monoisotopic (exact) mass is 439 g/mol. The number of aromatic nitrogens is 3. The number of aryl methyl sites for hydroxylation is 1. The first kappa shape index (κ1) is 20.2. The molecular weight excluding hydrogens is 410 g/mol. The van der Waals surface area contributed by atoms with Gasteiger partial charge in [0.25, 0.3) is 5.91 Å². The summed E-state index contributed by atoms with van der Waals surface area (Å²) in [6, 6.07) is 16.2. The van der Waals surface area contributed by atoms with E-state index in [0.717, 1.165) is 84.5 Å². The molecule has 6 heteroatoms. The minimum atomic E-state index is 0.158. The zero-order valence-corrected chi connectivity index (χ0v) is 19.1. The van der Waals surface area contributed by atoms with Crippen molar-refractivity contribution in [3.8, 4) is 0 Å². The predicted octanol–water partition coefficient (Wildman–Crippen LogP) is 4.59. The topological polar surface area (TPSA) is 65.1 Å². The fraction of sp³-hybridized carbons (Fsp3) is 0.370. The zero-order chi connectivity index (χ0) is 22.4. The van der Waals surface area contributed by atoms with Gasteiger partial charge in [0.1, 0.15) is 0 Å². The number of hydrogen-bond donors (Lipinski definition) is 1. The molecule has 0 spiro atoms. The van der Waals surface area contributed by atoms with Gasteiger partial charge in [-0.15, -0.1) is 0 Å². The summed E-state index contributed by atoms with van der Waals surface area (Å²) in [5, 5.41) is 0.994. The predicted molar refractivity (Wildman–Crippen MR) is 132 cm³/mol. The third-order valence-electron chi connectivity index (χ3n) is 7.18. The summed E-state index contributed by atoms with van der Waals surface area (Å²) < 4.78 is 0. The van der Waals surface area contributed by atoms with Crippen LogP contribution in [0, 0.1) is 5.92 Å². The van der Waals surface area contributed by atoms with Crippen molar-refractivity contribution in [2.75, 3.05) is 31.1 Å². The molecule has 3 heterocycles. The molecular formula is C27H29N5O. The first-order valence-electron chi connectivity index (χ1n) is 12.1. The van der Waals surface area contributed by atoms with Gasteiger partial charge >= 0.3 is 0 Å². The molecule has 4 aromatic rings. The number of hydrogen-bond acceptors (Lipinski definition) is 4. The number of rotatable bonds is 2. The van der Waals surface area contributed by atoms with Crippen molar-refractivity contribution in [1.82, 2.24) is 19.9 Å². The van der Waals surface area contributed by atoms with Crippen molar-refractivity contribution < 1.29 is 4.79 Å². The molecule has 0 bridgehead atoms. The normalized spacial score (nSPS) is 19.0. The third kappa shape index (κ3) is 3.63. The lowest BCUT2D eigenvalue weighted by atomic mass is 9.83. The summed E-state index contributed by atoms with van der Waals surface area (Å²) in [6.45, 7) is 5.39. The number of nitrogens with one attached hydrogen (secondary N) is 1. The van der Waals surface area contributed by atoms with Gasteiger partial charge in [0.15, 0.2) is 0 Å². The van der Waals surface area contributed by atoms with Crippen molar-refractivity contribution in [2.24, 2.45) is 5.92 Å². The van der Waals surface area contributed by atoms with Crippen molar-refractivity contribution in [1.29, 1.82) is 0 Å². The SMILES string of the molecule is CC1CCc2nc3ccccc3c(C(=O)N3CCCN(c4nc5ccccc5[nH]4)CC3)c2C1. The van der Waals surface area contributed by atoms with Crippen molar-refractivity contribution in [3.05, 3.63) is 65.4 Å². The Kier molecular flexibility index (Phi) is 5.01. The first-order valence-corrected chi connectivity index (χ1v) is 12.1. The smallest absolute Gasteiger partial charge is 0.254 e. The highest BCUT2D eigenvalue weighted by Gasteiger charge is 2.29. The van der Waals surface area contributed by atoms with Gasteiger partial charge in [-0.05, 0) is 55.4 Å². The molecule has 6 nitrogen and oxygen atoms in total. The van der Waals surface area contributed by atoms with Gasteiger partial charge < -0.3 is 14.8 Å². The van der Waals surface area contributed by atoms with Crippen LogP contribution in [0.25, 0.3) is 21.9 Å². The van der Waals surface area contributed by atoms with Crippen molar-refractivity contribution in [3.63, 3.8) is 0 Å². The van der Waals surface area contributed by atoms with Crippen LogP contribution in [0.1, 0.15) is 41.4 Å². The zero-order valence-electron chi connectivity index (χ0n) is 19.1. The first-order chi connectivity index (χ1) is 16.2. The van der Waals surface area contributed by atoms with E-state index in [2.05, 4.69) is 28.9 Å². The van der Waals surface area contributed by atoms with Gasteiger partial charge in [-0.25, -0.2) is 4.98 Å². The molecule has 1 N–H and O–H groups in total. The van der Waals surface area contributed by atoms with Crippen molar-refractivity contribution >= 4 is 33.8 Å². The molecule has 6 rings (SSSR count). The number of imidazole rings is 1. The van der Waals surface area contributed by atoms with Gasteiger partial charge in [-0.2, -0.15) is 0 Å². The Labute approximate surface area is 193 Å². The third-order valence-corrected chi connectivity index (χ3v) is 7.18. The molecule has 2 aromatic heterocycles. The molecule has 1 aliphatic carbocycles. The number of carbonyl (C=O) groups is 1. The maximum absolute atomic E-state index is 14.0. The number of para-hydroxylation sites is 3. The van der Waals surface area contributed by atoms with E-state index in [1.165, 1.54) is 5.56 Å². The summed E-state index contributed by atoms with van der Waals surface area (Å²) in [5.41, 5.74) is 6.15. The summed E-state index contributed by atoms with van der Waals surface area (Å²) in [7, 11) is 0. The molecule has 1 saturated heterocycles. The van der Waals surface area contributed by atoms with E-state index in [1.807, 2.05) is 41.3 Å².